The number of hydrogen-bond donors (Lipinski definition) is 2. The number of methoxy groups -OCH3 is 1. The maximum absolute atomic E-state index is 6.29. The van der Waals surface area contributed by atoms with E-state index in [1.807, 2.05) is 25.1 Å². The fraction of sp³-hybridized carbons (Fsp3) is 0.550. The minimum absolute atomic E-state index is 0. The number of hydrogen-bond acceptors (Lipinski definition) is 6. The molecule has 1 aliphatic rings. The Bertz CT molecular complexity index is 790. The van der Waals surface area contributed by atoms with Gasteiger partial charge in [-0.15, -0.1) is 24.0 Å². The highest BCUT2D eigenvalue weighted by molar-refractivity contribution is 14.0. The maximum atomic E-state index is 6.29. The zero-order chi connectivity index (χ0) is 19.8. The Hall–Kier alpha value is -2.04. The van der Waals surface area contributed by atoms with Crippen LogP contribution < -0.4 is 20.1 Å². The van der Waals surface area contributed by atoms with E-state index >= 15 is 0 Å². The van der Waals surface area contributed by atoms with Gasteiger partial charge in [0.2, 0.25) is 5.89 Å². The molecule has 0 unspecified atom stereocenters. The van der Waals surface area contributed by atoms with Gasteiger partial charge in [-0.2, -0.15) is 4.98 Å². The van der Waals surface area contributed by atoms with Crippen LogP contribution in [0.1, 0.15) is 49.9 Å². The average molecular weight is 515 g/mol. The minimum Gasteiger partial charge on any atom is -0.493 e. The number of nitrogens with zero attached hydrogens (tertiary/aromatic N) is 3. The SMILES string of the molecule is CCNC(=NCc1cccc(OC)c1OC1CCCC1)NCc1noc(C)n1.I. The molecule has 1 heterocycles. The van der Waals surface area contributed by atoms with Crippen molar-refractivity contribution in [3.8, 4) is 11.5 Å². The molecule has 0 aliphatic heterocycles. The molecule has 2 aromatic rings. The molecule has 3 rings (SSSR count). The van der Waals surface area contributed by atoms with E-state index in [4.69, 9.17) is 14.0 Å². The minimum atomic E-state index is 0. The number of aliphatic imine (C=N–C) groups is 1. The van der Waals surface area contributed by atoms with Gasteiger partial charge in [-0.3, -0.25) is 0 Å². The molecule has 8 nitrogen and oxygen atoms in total. The lowest BCUT2D eigenvalue weighted by molar-refractivity contribution is 0.198. The standard InChI is InChI=1S/C20H29N5O3.HI/c1-4-21-20(23-13-18-24-14(2)28-25-18)22-12-15-8-7-11-17(26-3)19(15)27-16-9-5-6-10-16;/h7-8,11,16H,4-6,9-10,12-13H2,1-3H3,(H2,21,22,23);1H. The summed E-state index contributed by atoms with van der Waals surface area (Å²) in [6.07, 6.45) is 4.88. The van der Waals surface area contributed by atoms with Crippen molar-refractivity contribution in [2.45, 2.75) is 58.7 Å². The molecule has 9 heteroatoms. The molecule has 1 aromatic heterocycles. The number of halogens is 1. The number of aromatic nitrogens is 2. The number of benzene rings is 1. The van der Waals surface area contributed by atoms with Crippen LogP contribution in [0.5, 0.6) is 11.5 Å². The predicted molar refractivity (Wildman–Crippen MR) is 122 cm³/mol. The molecule has 160 valence electrons. The highest BCUT2D eigenvalue weighted by Crippen LogP contribution is 2.35. The molecular formula is C20H30IN5O3. The van der Waals surface area contributed by atoms with Gasteiger partial charge >= 0.3 is 0 Å². The molecule has 0 atom stereocenters. The average Bonchev–Trinajstić information content (AvgIpc) is 3.36. The number of aryl methyl sites for hydroxylation is 1. The molecule has 1 fully saturated rings. The van der Waals surface area contributed by atoms with Gasteiger partial charge in [-0.05, 0) is 38.7 Å². The zero-order valence-corrected chi connectivity index (χ0v) is 19.6. The van der Waals surface area contributed by atoms with Crippen molar-refractivity contribution in [3.05, 3.63) is 35.5 Å². The smallest absolute Gasteiger partial charge is 0.223 e. The van der Waals surface area contributed by atoms with Gasteiger partial charge in [0.1, 0.15) is 0 Å². The molecule has 1 aliphatic carbocycles. The van der Waals surface area contributed by atoms with Gasteiger partial charge in [0.05, 0.1) is 26.3 Å². The summed E-state index contributed by atoms with van der Waals surface area (Å²) in [4.78, 5) is 8.88. The van der Waals surface area contributed by atoms with Crippen LogP contribution in [0.25, 0.3) is 0 Å². The van der Waals surface area contributed by atoms with Crippen LogP contribution in [-0.2, 0) is 13.1 Å². The fourth-order valence-electron chi connectivity index (χ4n) is 3.24. The first-order valence-electron chi connectivity index (χ1n) is 9.83. The van der Waals surface area contributed by atoms with Crippen LogP contribution in [0.3, 0.4) is 0 Å². The fourth-order valence-corrected chi connectivity index (χ4v) is 3.24. The van der Waals surface area contributed by atoms with Crippen LogP contribution >= 0.6 is 24.0 Å². The molecule has 2 N–H and O–H groups in total. The largest absolute Gasteiger partial charge is 0.493 e. The first kappa shape index (κ1) is 23.2. The third kappa shape index (κ3) is 6.76. The normalized spacial score (nSPS) is 14.4. The maximum Gasteiger partial charge on any atom is 0.223 e. The Kier molecular flexibility index (Phi) is 9.49. The third-order valence-corrected chi connectivity index (χ3v) is 4.60. The van der Waals surface area contributed by atoms with E-state index in [9.17, 15) is 0 Å². The van der Waals surface area contributed by atoms with Gasteiger partial charge in [-0.1, -0.05) is 17.3 Å². The number of rotatable bonds is 8. The number of ether oxygens (including phenoxy) is 2. The van der Waals surface area contributed by atoms with E-state index in [0.717, 1.165) is 36.4 Å². The highest BCUT2D eigenvalue weighted by Gasteiger charge is 2.20. The van der Waals surface area contributed by atoms with Crippen molar-refractivity contribution in [3.63, 3.8) is 0 Å². The first-order chi connectivity index (χ1) is 13.7. The molecule has 0 spiro atoms. The molecule has 0 amide bonds. The monoisotopic (exact) mass is 515 g/mol. The summed E-state index contributed by atoms with van der Waals surface area (Å²) < 4.78 is 16.8. The van der Waals surface area contributed by atoms with E-state index in [1.165, 1.54) is 12.8 Å². The Morgan fingerprint density at radius 2 is 2.07 bits per heavy atom. The molecule has 0 saturated heterocycles. The summed E-state index contributed by atoms with van der Waals surface area (Å²) in [7, 11) is 1.67. The quantitative estimate of drug-likeness (QED) is 0.315. The summed E-state index contributed by atoms with van der Waals surface area (Å²) in [6, 6.07) is 5.93. The molecule has 1 aromatic carbocycles. The lowest BCUT2D eigenvalue weighted by atomic mass is 10.1. The molecular weight excluding hydrogens is 485 g/mol. The van der Waals surface area contributed by atoms with E-state index < -0.39 is 0 Å². The number of nitrogens with one attached hydrogen (secondary N) is 2. The van der Waals surface area contributed by atoms with Crippen LogP contribution in [0.2, 0.25) is 0 Å². The Labute approximate surface area is 188 Å². The van der Waals surface area contributed by atoms with Crippen molar-refractivity contribution in [2.75, 3.05) is 13.7 Å². The topological polar surface area (TPSA) is 93.8 Å². The molecule has 0 radical (unpaired) electrons. The summed E-state index contributed by atoms with van der Waals surface area (Å²) in [5.41, 5.74) is 0.999. The third-order valence-electron chi connectivity index (χ3n) is 4.60. The van der Waals surface area contributed by atoms with Crippen LogP contribution in [0.15, 0.2) is 27.7 Å². The van der Waals surface area contributed by atoms with Gasteiger partial charge in [0.15, 0.2) is 23.3 Å². The molecule has 29 heavy (non-hydrogen) atoms. The van der Waals surface area contributed by atoms with Crippen molar-refractivity contribution in [1.29, 1.82) is 0 Å². The second-order valence-electron chi connectivity index (χ2n) is 6.75. The van der Waals surface area contributed by atoms with E-state index in [2.05, 4.69) is 25.8 Å². The predicted octanol–water partition coefficient (Wildman–Crippen LogP) is 3.58. The van der Waals surface area contributed by atoms with Crippen molar-refractivity contribution >= 4 is 29.9 Å². The second kappa shape index (κ2) is 11.8. The van der Waals surface area contributed by atoms with Crippen molar-refractivity contribution in [2.24, 2.45) is 4.99 Å². The molecule has 1 saturated carbocycles. The van der Waals surface area contributed by atoms with Crippen LogP contribution in [0.4, 0.5) is 0 Å². The summed E-state index contributed by atoms with van der Waals surface area (Å²) in [5, 5.41) is 10.3. The summed E-state index contributed by atoms with van der Waals surface area (Å²) in [5.74, 6) is 3.36. The Balaban J connectivity index is 0.00000300. The van der Waals surface area contributed by atoms with Crippen molar-refractivity contribution in [1.82, 2.24) is 20.8 Å². The van der Waals surface area contributed by atoms with E-state index in [1.54, 1.807) is 14.0 Å². The van der Waals surface area contributed by atoms with Crippen molar-refractivity contribution < 1.29 is 14.0 Å². The number of para-hydroxylation sites is 1. The van der Waals surface area contributed by atoms with E-state index in [0.29, 0.717) is 30.8 Å². The lowest BCUT2D eigenvalue weighted by Gasteiger charge is -2.19. The van der Waals surface area contributed by atoms with Gasteiger partial charge in [0, 0.05) is 19.0 Å². The van der Waals surface area contributed by atoms with Gasteiger partial charge in [0.25, 0.3) is 0 Å². The Morgan fingerprint density at radius 3 is 2.72 bits per heavy atom. The summed E-state index contributed by atoms with van der Waals surface area (Å²) in [6.45, 7) is 5.45. The summed E-state index contributed by atoms with van der Waals surface area (Å²) >= 11 is 0. The lowest BCUT2D eigenvalue weighted by Crippen LogP contribution is -2.37. The zero-order valence-electron chi connectivity index (χ0n) is 17.2. The van der Waals surface area contributed by atoms with Crippen LogP contribution in [-0.4, -0.2) is 35.9 Å². The first-order valence-corrected chi connectivity index (χ1v) is 9.83. The molecule has 0 bridgehead atoms. The van der Waals surface area contributed by atoms with E-state index in [-0.39, 0.29) is 30.1 Å². The van der Waals surface area contributed by atoms with Gasteiger partial charge < -0.3 is 24.6 Å². The second-order valence-corrected chi connectivity index (χ2v) is 6.75. The Morgan fingerprint density at radius 1 is 1.28 bits per heavy atom. The van der Waals surface area contributed by atoms with Crippen LogP contribution in [0, 0.1) is 6.92 Å². The number of guanidine groups is 1. The highest BCUT2D eigenvalue weighted by atomic mass is 127. The van der Waals surface area contributed by atoms with Gasteiger partial charge in [-0.25, -0.2) is 4.99 Å².